The summed E-state index contributed by atoms with van der Waals surface area (Å²) in [4.78, 5) is 6.03. The van der Waals surface area contributed by atoms with Crippen LogP contribution in [0.25, 0.3) is 0 Å². The van der Waals surface area contributed by atoms with Gasteiger partial charge < -0.3 is 16.4 Å². The number of rotatable bonds is 3. The van der Waals surface area contributed by atoms with Crippen molar-refractivity contribution in [3.63, 3.8) is 0 Å². The summed E-state index contributed by atoms with van der Waals surface area (Å²) in [5.74, 6) is 0.357. The molecule has 0 saturated carbocycles. The summed E-state index contributed by atoms with van der Waals surface area (Å²) in [7, 11) is 9.32. The van der Waals surface area contributed by atoms with E-state index in [0.29, 0.717) is 27.1 Å². The molecule has 1 rings (SSSR count). The molecule has 0 aliphatic rings. The van der Waals surface area contributed by atoms with Crippen molar-refractivity contribution in [2.45, 2.75) is 19.0 Å². The molecule has 1 aromatic heterocycles. The van der Waals surface area contributed by atoms with Crippen molar-refractivity contribution < 1.29 is 0 Å². The van der Waals surface area contributed by atoms with Crippen LogP contribution in [-0.4, -0.2) is 32.8 Å². The van der Waals surface area contributed by atoms with E-state index in [1.54, 1.807) is 25.1 Å². The first-order valence-corrected chi connectivity index (χ1v) is 6.36. The first-order valence-electron chi connectivity index (χ1n) is 5.17. The second kappa shape index (κ2) is 5.29. The molecule has 1 unspecified atom stereocenters. The maximum Gasteiger partial charge on any atom is 0.192 e. The van der Waals surface area contributed by atoms with Crippen LogP contribution < -0.4 is 16.2 Å². The van der Waals surface area contributed by atoms with Gasteiger partial charge in [-0.2, -0.15) is 0 Å². The van der Waals surface area contributed by atoms with E-state index < -0.39 is 5.66 Å². The first kappa shape index (κ1) is 14.3. The van der Waals surface area contributed by atoms with Gasteiger partial charge in [0, 0.05) is 19.7 Å². The summed E-state index contributed by atoms with van der Waals surface area (Å²) in [5, 5.41) is 0. The maximum absolute atomic E-state index is 6.24. The highest BCUT2D eigenvalue weighted by Crippen LogP contribution is 2.32. The van der Waals surface area contributed by atoms with E-state index in [2.05, 4.69) is 4.99 Å². The molecule has 0 saturated heterocycles. The Labute approximate surface area is 112 Å². The quantitative estimate of drug-likeness (QED) is 0.480. The molecule has 4 N–H and O–H groups in total. The van der Waals surface area contributed by atoms with Gasteiger partial charge in [-0.05, 0) is 11.2 Å². The van der Waals surface area contributed by atoms with Gasteiger partial charge in [-0.1, -0.05) is 24.6 Å². The fraction of sp³-hybridized carbons (Fsp3) is 0.500. The zero-order valence-corrected chi connectivity index (χ0v) is 11.8. The van der Waals surface area contributed by atoms with E-state index in [9.17, 15) is 0 Å². The van der Waals surface area contributed by atoms with E-state index in [1.165, 1.54) is 11.3 Å². The van der Waals surface area contributed by atoms with E-state index >= 15 is 0 Å². The smallest absolute Gasteiger partial charge is 0.192 e. The first-order chi connectivity index (χ1) is 7.80. The molecular formula is C10H16BClN4S. The van der Waals surface area contributed by atoms with Crippen LogP contribution in [0, 0.1) is 0 Å². The van der Waals surface area contributed by atoms with Crippen molar-refractivity contribution >= 4 is 41.5 Å². The van der Waals surface area contributed by atoms with Crippen molar-refractivity contribution in [3.8, 4) is 0 Å². The summed E-state index contributed by atoms with van der Waals surface area (Å²) in [6, 6.07) is 1.75. The third-order valence-corrected chi connectivity index (χ3v) is 3.67. The number of hydrogen-bond acceptors (Lipinski definition) is 3. The average Bonchev–Trinajstić information content (AvgIpc) is 2.58. The van der Waals surface area contributed by atoms with E-state index in [4.69, 9.17) is 30.9 Å². The normalized spacial score (nSPS) is 15.7. The molecule has 7 heteroatoms. The van der Waals surface area contributed by atoms with Crippen molar-refractivity contribution in [1.82, 2.24) is 4.90 Å². The Kier molecular flexibility index (Phi) is 4.46. The Bertz CT molecular complexity index is 432. The van der Waals surface area contributed by atoms with Crippen LogP contribution in [0.1, 0.15) is 18.9 Å². The second-order valence-corrected chi connectivity index (χ2v) is 5.66. The molecule has 0 bridgehead atoms. The number of halogens is 1. The summed E-state index contributed by atoms with van der Waals surface area (Å²) < 4.78 is 1.18. The molecule has 1 heterocycles. The van der Waals surface area contributed by atoms with Gasteiger partial charge in [0.2, 0.25) is 0 Å². The summed E-state index contributed by atoms with van der Waals surface area (Å²) in [6.45, 7) is 1.93. The van der Waals surface area contributed by atoms with Crippen LogP contribution in [0.2, 0.25) is 4.34 Å². The standard InChI is InChI=1S/C10H16BClN4S/c1-4-10(14,15-9(13)16(2)3)6-5-7(11)17-8(6)12/h5H,4,14H2,1-3H3,(H2,13,15). The average molecular weight is 271 g/mol. The Morgan fingerprint density at radius 2 is 2.24 bits per heavy atom. The lowest BCUT2D eigenvalue weighted by atomic mass is 9.98. The van der Waals surface area contributed by atoms with Crippen molar-refractivity contribution in [2.75, 3.05) is 14.1 Å². The second-order valence-electron chi connectivity index (χ2n) is 3.98. The molecule has 0 spiro atoms. The van der Waals surface area contributed by atoms with Crippen molar-refractivity contribution in [2.24, 2.45) is 16.5 Å². The molecular weight excluding hydrogens is 254 g/mol. The third kappa shape index (κ3) is 3.15. The Morgan fingerprint density at radius 1 is 1.65 bits per heavy atom. The Balaban J connectivity index is 3.21. The lowest BCUT2D eigenvalue weighted by Gasteiger charge is -2.25. The SMILES string of the molecule is [B]c1cc(C(N)(CC)N=C(N)N(C)C)c(Cl)s1. The van der Waals surface area contributed by atoms with Gasteiger partial charge in [-0.25, -0.2) is 4.99 Å². The molecule has 0 aliphatic carbocycles. The molecule has 92 valence electrons. The van der Waals surface area contributed by atoms with Crippen LogP contribution in [0.5, 0.6) is 0 Å². The molecule has 4 nitrogen and oxygen atoms in total. The highest BCUT2D eigenvalue weighted by atomic mass is 35.5. The van der Waals surface area contributed by atoms with Gasteiger partial charge >= 0.3 is 0 Å². The highest BCUT2D eigenvalue weighted by Gasteiger charge is 2.29. The molecule has 0 aromatic carbocycles. The van der Waals surface area contributed by atoms with Gasteiger partial charge in [-0.15, -0.1) is 11.3 Å². The zero-order chi connectivity index (χ0) is 13.2. The van der Waals surface area contributed by atoms with E-state index in [0.717, 1.165) is 0 Å². The lowest BCUT2D eigenvalue weighted by molar-refractivity contribution is 0.440. The molecule has 0 aliphatic heterocycles. The fourth-order valence-corrected chi connectivity index (χ4v) is 2.53. The fourth-order valence-electron chi connectivity index (χ4n) is 1.32. The number of nitrogens with two attached hydrogens (primary N) is 2. The predicted octanol–water partition coefficient (Wildman–Crippen LogP) is 0.593. The van der Waals surface area contributed by atoms with Crippen LogP contribution in [0.15, 0.2) is 11.1 Å². The monoisotopic (exact) mass is 270 g/mol. The minimum Gasteiger partial charge on any atom is -0.370 e. The van der Waals surface area contributed by atoms with Gasteiger partial charge in [0.25, 0.3) is 0 Å². The van der Waals surface area contributed by atoms with Crippen molar-refractivity contribution in [3.05, 3.63) is 16.0 Å². The predicted molar refractivity (Wildman–Crippen MR) is 76.2 cm³/mol. The van der Waals surface area contributed by atoms with Crippen LogP contribution in [-0.2, 0) is 5.66 Å². The van der Waals surface area contributed by atoms with Gasteiger partial charge in [0.05, 0.1) is 4.34 Å². The zero-order valence-electron chi connectivity index (χ0n) is 10.2. The van der Waals surface area contributed by atoms with Gasteiger partial charge in [0.1, 0.15) is 13.5 Å². The van der Waals surface area contributed by atoms with E-state index in [1.807, 2.05) is 6.92 Å². The molecule has 1 aromatic rings. The lowest BCUT2D eigenvalue weighted by Crippen LogP contribution is -2.40. The number of nitrogens with zero attached hydrogens (tertiary/aromatic N) is 2. The number of guanidine groups is 1. The summed E-state index contributed by atoms with van der Waals surface area (Å²) in [5.41, 5.74) is 11.8. The third-order valence-electron chi connectivity index (χ3n) is 2.48. The number of thiophene rings is 1. The molecule has 2 radical (unpaired) electrons. The van der Waals surface area contributed by atoms with Crippen molar-refractivity contribution in [1.29, 1.82) is 0 Å². The summed E-state index contributed by atoms with van der Waals surface area (Å²) in [6.07, 6.45) is 0.581. The molecule has 1 atom stereocenters. The largest absolute Gasteiger partial charge is 0.370 e. The van der Waals surface area contributed by atoms with Gasteiger partial charge in [0.15, 0.2) is 5.96 Å². The Morgan fingerprint density at radius 3 is 2.59 bits per heavy atom. The molecule has 17 heavy (non-hydrogen) atoms. The van der Waals surface area contributed by atoms with Crippen LogP contribution in [0.4, 0.5) is 0 Å². The summed E-state index contributed by atoms with van der Waals surface area (Å²) >= 11 is 7.39. The topological polar surface area (TPSA) is 67.6 Å². The van der Waals surface area contributed by atoms with Crippen LogP contribution in [0.3, 0.4) is 0 Å². The highest BCUT2D eigenvalue weighted by molar-refractivity contribution is 7.23. The molecule has 0 amide bonds. The minimum atomic E-state index is -0.931. The Hall–Kier alpha value is -0.715. The number of aliphatic imine (C=N–C) groups is 1. The van der Waals surface area contributed by atoms with Gasteiger partial charge in [-0.3, -0.25) is 0 Å². The van der Waals surface area contributed by atoms with E-state index in [-0.39, 0.29) is 0 Å². The number of hydrogen-bond donors (Lipinski definition) is 2. The molecule has 0 fully saturated rings. The maximum atomic E-state index is 6.24. The van der Waals surface area contributed by atoms with Crippen LogP contribution >= 0.6 is 22.9 Å². The minimum absolute atomic E-state index is 0.357.